The molecule has 1 heterocycles. The summed E-state index contributed by atoms with van der Waals surface area (Å²) in [5, 5.41) is 0. The molecule has 1 aliphatic heterocycles. The number of hydrogen-bond acceptors (Lipinski definition) is 3. The second kappa shape index (κ2) is 6.08. The molecule has 2 N–H and O–H groups in total. The van der Waals surface area contributed by atoms with Crippen LogP contribution in [0, 0.1) is 5.92 Å². The second-order valence-corrected chi connectivity index (χ2v) is 4.41. The van der Waals surface area contributed by atoms with Crippen LogP contribution in [-0.2, 0) is 9.53 Å². The van der Waals surface area contributed by atoms with E-state index in [4.69, 9.17) is 10.5 Å². The molecule has 0 aromatic rings. The molecule has 15 heavy (non-hydrogen) atoms. The Kier molecular flexibility index (Phi) is 5.05. The number of likely N-dealkylation sites (tertiary alicyclic amines) is 1. The van der Waals surface area contributed by atoms with Crippen molar-refractivity contribution in [3.8, 4) is 0 Å². The van der Waals surface area contributed by atoms with Crippen LogP contribution in [0.25, 0.3) is 0 Å². The molecule has 0 bridgehead atoms. The van der Waals surface area contributed by atoms with Crippen LogP contribution >= 0.6 is 0 Å². The Morgan fingerprint density at radius 3 is 2.93 bits per heavy atom. The Balaban J connectivity index is 2.23. The number of ether oxygens (including phenoxy) is 1. The molecule has 1 saturated heterocycles. The highest BCUT2D eigenvalue weighted by Gasteiger charge is 2.25. The average molecular weight is 214 g/mol. The molecule has 1 aliphatic rings. The Labute approximate surface area is 91.8 Å². The summed E-state index contributed by atoms with van der Waals surface area (Å²) in [6, 6.07) is 0. The van der Waals surface area contributed by atoms with E-state index >= 15 is 0 Å². The molecule has 2 atom stereocenters. The maximum Gasteiger partial charge on any atom is 0.217 e. The topological polar surface area (TPSA) is 55.6 Å². The zero-order chi connectivity index (χ0) is 11.3. The molecule has 4 heteroatoms. The van der Waals surface area contributed by atoms with Gasteiger partial charge in [-0.2, -0.15) is 0 Å². The van der Waals surface area contributed by atoms with Gasteiger partial charge in [0.15, 0.2) is 0 Å². The number of piperidine rings is 1. The number of rotatable bonds is 5. The van der Waals surface area contributed by atoms with Crippen molar-refractivity contribution in [3.63, 3.8) is 0 Å². The minimum Gasteiger partial charge on any atom is -0.380 e. The summed E-state index contributed by atoms with van der Waals surface area (Å²) in [6.45, 7) is 5.28. The quantitative estimate of drug-likeness (QED) is 0.729. The third-order valence-electron chi connectivity index (χ3n) is 3.17. The normalized spacial score (nSPS) is 27.9. The van der Waals surface area contributed by atoms with E-state index in [1.165, 1.54) is 6.42 Å². The van der Waals surface area contributed by atoms with Gasteiger partial charge in [-0.15, -0.1) is 0 Å². The van der Waals surface area contributed by atoms with Crippen LogP contribution < -0.4 is 5.73 Å². The predicted octanol–water partition coefficient (Wildman–Crippen LogP) is 0.609. The van der Waals surface area contributed by atoms with Crippen LogP contribution in [-0.4, -0.2) is 43.7 Å². The van der Waals surface area contributed by atoms with E-state index in [2.05, 4.69) is 11.8 Å². The summed E-state index contributed by atoms with van der Waals surface area (Å²) in [4.78, 5) is 13.0. The molecule has 1 rings (SSSR count). The van der Waals surface area contributed by atoms with Crippen molar-refractivity contribution < 1.29 is 9.53 Å². The van der Waals surface area contributed by atoms with Gasteiger partial charge in [0.05, 0.1) is 6.10 Å². The van der Waals surface area contributed by atoms with Gasteiger partial charge < -0.3 is 15.4 Å². The number of hydrogen-bond donors (Lipinski definition) is 1. The van der Waals surface area contributed by atoms with Crippen LogP contribution in [0.15, 0.2) is 0 Å². The van der Waals surface area contributed by atoms with Gasteiger partial charge >= 0.3 is 0 Å². The highest BCUT2D eigenvalue weighted by Crippen LogP contribution is 2.19. The van der Waals surface area contributed by atoms with Crippen molar-refractivity contribution in [2.24, 2.45) is 11.7 Å². The first-order chi connectivity index (χ1) is 7.13. The molecule has 0 unspecified atom stereocenters. The van der Waals surface area contributed by atoms with Crippen molar-refractivity contribution in [2.75, 3.05) is 26.7 Å². The van der Waals surface area contributed by atoms with Gasteiger partial charge in [0, 0.05) is 20.1 Å². The minimum absolute atomic E-state index is 0.205. The first-order valence-corrected chi connectivity index (χ1v) is 5.67. The van der Waals surface area contributed by atoms with Crippen LogP contribution in [0.2, 0.25) is 0 Å². The van der Waals surface area contributed by atoms with Gasteiger partial charge in [0.25, 0.3) is 0 Å². The van der Waals surface area contributed by atoms with Crippen LogP contribution in [0.4, 0.5) is 0 Å². The van der Waals surface area contributed by atoms with Gasteiger partial charge in [-0.05, 0) is 31.8 Å². The molecule has 88 valence electrons. The standard InChI is InChI=1S/C11H22N2O2/c1-9-5-7-13(8-10(9)15-2)6-3-4-11(12)14/h9-10H,3-8H2,1-2H3,(H2,12,14)/t9-,10-/m1/s1. The van der Waals surface area contributed by atoms with Crippen molar-refractivity contribution in [1.82, 2.24) is 4.90 Å². The Morgan fingerprint density at radius 2 is 2.33 bits per heavy atom. The van der Waals surface area contributed by atoms with Crippen molar-refractivity contribution in [2.45, 2.75) is 32.3 Å². The molecule has 0 radical (unpaired) electrons. The summed E-state index contributed by atoms with van der Waals surface area (Å²) >= 11 is 0. The lowest BCUT2D eigenvalue weighted by Crippen LogP contribution is -2.44. The largest absolute Gasteiger partial charge is 0.380 e. The fourth-order valence-electron chi connectivity index (χ4n) is 2.08. The molecular weight excluding hydrogens is 192 g/mol. The lowest BCUT2D eigenvalue weighted by atomic mass is 9.95. The van der Waals surface area contributed by atoms with E-state index in [-0.39, 0.29) is 5.91 Å². The van der Waals surface area contributed by atoms with Crippen molar-refractivity contribution >= 4 is 5.91 Å². The summed E-state index contributed by atoms with van der Waals surface area (Å²) in [6.07, 6.45) is 2.87. The van der Waals surface area contributed by atoms with Gasteiger partial charge in [-0.1, -0.05) is 6.92 Å². The third kappa shape index (κ3) is 4.18. The molecule has 0 saturated carbocycles. The Hall–Kier alpha value is -0.610. The maximum atomic E-state index is 10.6. The molecule has 1 amide bonds. The zero-order valence-corrected chi connectivity index (χ0v) is 9.74. The lowest BCUT2D eigenvalue weighted by Gasteiger charge is -2.36. The van der Waals surface area contributed by atoms with Gasteiger partial charge in [0.2, 0.25) is 5.91 Å². The first-order valence-electron chi connectivity index (χ1n) is 5.67. The van der Waals surface area contributed by atoms with Crippen LogP contribution in [0.3, 0.4) is 0 Å². The van der Waals surface area contributed by atoms with E-state index in [0.29, 0.717) is 18.4 Å². The number of amides is 1. The zero-order valence-electron chi connectivity index (χ0n) is 9.74. The maximum absolute atomic E-state index is 10.6. The Morgan fingerprint density at radius 1 is 1.60 bits per heavy atom. The van der Waals surface area contributed by atoms with Gasteiger partial charge in [0.1, 0.15) is 0 Å². The van der Waals surface area contributed by atoms with E-state index in [1.54, 1.807) is 7.11 Å². The van der Waals surface area contributed by atoms with E-state index in [1.807, 2.05) is 0 Å². The number of carbonyl (C=O) groups is 1. The van der Waals surface area contributed by atoms with Crippen molar-refractivity contribution in [3.05, 3.63) is 0 Å². The lowest BCUT2D eigenvalue weighted by molar-refractivity contribution is -0.118. The summed E-state index contributed by atoms with van der Waals surface area (Å²) < 4.78 is 5.43. The molecule has 0 spiro atoms. The number of carbonyl (C=O) groups excluding carboxylic acids is 1. The number of nitrogens with two attached hydrogens (primary N) is 1. The summed E-state index contributed by atoms with van der Waals surface area (Å²) in [5.41, 5.74) is 5.10. The highest BCUT2D eigenvalue weighted by atomic mass is 16.5. The fourth-order valence-corrected chi connectivity index (χ4v) is 2.08. The molecule has 0 aromatic heterocycles. The predicted molar refractivity (Wildman–Crippen MR) is 59.4 cm³/mol. The van der Waals surface area contributed by atoms with Gasteiger partial charge in [-0.25, -0.2) is 0 Å². The number of methoxy groups -OCH3 is 1. The average Bonchev–Trinajstić information content (AvgIpc) is 2.20. The fraction of sp³-hybridized carbons (Fsp3) is 0.909. The van der Waals surface area contributed by atoms with Crippen LogP contribution in [0.1, 0.15) is 26.2 Å². The summed E-state index contributed by atoms with van der Waals surface area (Å²) in [7, 11) is 1.77. The first kappa shape index (κ1) is 12.5. The smallest absolute Gasteiger partial charge is 0.217 e. The molecule has 4 nitrogen and oxygen atoms in total. The monoisotopic (exact) mass is 214 g/mol. The minimum atomic E-state index is -0.205. The molecular formula is C11H22N2O2. The third-order valence-corrected chi connectivity index (χ3v) is 3.17. The number of nitrogens with zero attached hydrogens (tertiary/aromatic N) is 1. The summed E-state index contributed by atoms with van der Waals surface area (Å²) in [5.74, 6) is 0.436. The van der Waals surface area contributed by atoms with E-state index < -0.39 is 0 Å². The second-order valence-electron chi connectivity index (χ2n) is 4.41. The SMILES string of the molecule is CO[C@@H]1CN(CCCC(N)=O)CC[C@H]1C. The highest BCUT2D eigenvalue weighted by molar-refractivity contribution is 5.73. The van der Waals surface area contributed by atoms with E-state index in [9.17, 15) is 4.79 Å². The molecule has 1 fully saturated rings. The molecule has 0 aliphatic carbocycles. The van der Waals surface area contributed by atoms with Crippen LogP contribution in [0.5, 0.6) is 0 Å². The van der Waals surface area contributed by atoms with Gasteiger partial charge in [-0.3, -0.25) is 4.79 Å². The van der Waals surface area contributed by atoms with E-state index in [0.717, 1.165) is 26.1 Å². The molecule has 0 aromatic carbocycles. The van der Waals surface area contributed by atoms with Crippen molar-refractivity contribution in [1.29, 1.82) is 0 Å². The Bertz CT molecular complexity index is 209. The number of primary amides is 1.